The van der Waals surface area contributed by atoms with E-state index >= 15 is 0 Å². The minimum absolute atomic E-state index is 0. The molecule has 16 heavy (non-hydrogen) atoms. The van der Waals surface area contributed by atoms with Crippen molar-refractivity contribution in [3.05, 3.63) is 29.8 Å². The smallest absolute Gasteiger partial charge is 0.0914 e. The van der Waals surface area contributed by atoms with Crippen molar-refractivity contribution in [1.82, 2.24) is 5.32 Å². The van der Waals surface area contributed by atoms with Crippen molar-refractivity contribution in [2.24, 2.45) is 0 Å². The Balaban J connectivity index is 0.00000225. The van der Waals surface area contributed by atoms with Crippen molar-refractivity contribution in [1.29, 1.82) is 0 Å². The summed E-state index contributed by atoms with van der Waals surface area (Å²) >= 11 is 1.71. The van der Waals surface area contributed by atoms with Crippen molar-refractivity contribution >= 4 is 24.2 Å². The van der Waals surface area contributed by atoms with Crippen LogP contribution in [0.3, 0.4) is 0 Å². The number of benzene rings is 1. The zero-order chi connectivity index (χ0) is 11.3. The second-order valence-corrected chi connectivity index (χ2v) is 4.73. The molecule has 0 heterocycles. The predicted molar refractivity (Wildman–Crippen MR) is 73.6 cm³/mol. The standard InChI is InChI=1S/C12H19NOS.ClH/c1-9(2)13-8-12(14)10-4-6-11(15-3)7-5-10;/h4-7,9,12-14H,8H2,1-3H3;1H. The normalized spacial score (nSPS) is 12.3. The zero-order valence-electron chi connectivity index (χ0n) is 9.93. The summed E-state index contributed by atoms with van der Waals surface area (Å²) in [5.41, 5.74) is 0.973. The predicted octanol–water partition coefficient (Wildman–Crippen LogP) is 2.86. The van der Waals surface area contributed by atoms with E-state index < -0.39 is 6.10 Å². The van der Waals surface area contributed by atoms with E-state index in [4.69, 9.17) is 0 Å². The molecule has 0 aliphatic rings. The van der Waals surface area contributed by atoms with Crippen LogP contribution in [0.2, 0.25) is 0 Å². The highest BCUT2D eigenvalue weighted by Gasteiger charge is 2.07. The van der Waals surface area contributed by atoms with E-state index in [1.807, 2.05) is 30.5 Å². The van der Waals surface area contributed by atoms with E-state index in [1.54, 1.807) is 11.8 Å². The van der Waals surface area contributed by atoms with Gasteiger partial charge in [-0.25, -0.2) is 0 Å². The second kappa shape index (κ2) is 7.96. The highest BCUT2D eigenvalue weighted by Crippen LogP contribution is 2.18. The van der Waals surface area contributed by atoms with E-state index in [1.165, 1.54) is 4.90 Å². The molecule has 0 fully saturated rings. The van der Waals surface area contributed by atoms with Gasteiger partial charge in [0.25, 0.3) is 0 Å². The van der Waals surface area contributed by atoms with Gasteiger partial charge in [0.05, 0.1) is 6.10 Å². The number of rotatable bonds is 5. The number of aliphatic hydroxyl groups excluding tert-OH is 1. The number of hydrogen-bond donors (Lipinski definition) is 2. The first kappa shape index (κ1) is 15.8. The summed E-state index contributed by atoms with van der Waals surface area (Å²) in [5, 5.41) is 13.1. The zero-order valence-corrected chi connectivity index (χ0v) is 11.6. The van der Waals surface area contributed by atoms with Crippen LogP contribution in [0, 0.1) is 0 Å². The fourth-order valence-electron chi connectivity index (χ4n) is 1.29. The Labute approximate surface area is 108 Å². The van der Waals surface area contributed by atoms with Gasteiger partial charge in [-0.3, -0.25) is 0 Å². The first-order valence-electron chi connectivity index (χ1n) is 5.19. The molecule has 0 aliphatic heterocycles. The Hall–Kier alpha value is -0.220. The summed E-state index contributed by atoms with van der Waals surface area (Å²) in [7, 11) is 0. The molecule has 1 aromatic rings. The number of hydrogen-bond acceptors (Lipinski definition) is 3. The van der Waals surface area contributed by atoms with Crippen molar-refractivity contribution in [2.75, 3.05) is 12.8 Å². The lowest BCUT2D eigenvalue weighted by Gasteiger charge is -2.14. The maximum atomic E-state index is 9.86. The Bertz CT molecular complexity index is 290. The summed E-state index contributed by atoms with van der Waals surface area (Å²) in [6.07, 6.45) is 1.63. The molecule has 0 saturated carbocycles. The second-order valence-electron chi connectivity index (χ2n) is 3.85. The van der Waals surface area contributed by atoms with Crippen molar-refractivity contribution in [2.45, 2.75) is 30.9 Å². The van der Waals surface area contributed by atoms with Crippen molar-refractivity contribution in [3.63, 3.8) is 0 Å². The van der Waals surface area contributed by atoms with E-state index in [0.717, 1.165) is 5.56 Å². The molecule has 0 saturated heterocycles. The lowest BCUT2D eigenvalue weighted by molar-refractivity contribution is 0.171. The van der Waals surface area contributed by atoms with Gasteiger partial charge < -0.3 is 10.4 Å². The van der Waals surface area contributed by atoms with Crippen LogP contribution in [0.5, 0.6) is 0 Å². The first-order chi connectivity index (χ1) is 7.13. The third kappa shape index (κ3) is 5.21. The van der Waals surface area contributed by atoms with Crippen LogP contribution >= 0.6 is 24.2 Å². The summed E-state index contributed by atoms with van der Waals surface area (Å²) in [5.74, 6) is 0. The quantitative estimate of drug-likeness (QED) is 0.800. The van der Waals surface area contributed by atoms with Crippen molar-refractivity contribution < 1.29 is 5.11 Å². The maximum absolute atomic E-state index is 9.86. The van der Waals surface area contributed by atoms with Crippen LogP contribution in [0.1, 0.15) is 25.5 Å². The highest BCUT2D eigenvalue weighted by atomic mass is 35.5. The topological polar surface area (TPSA) is 32.3 Å². The maximum Gasteiger partial charge on any atom is 0.0914 e. The molecule has 2 nitrogen and oxygen atoms in total. The lowest BCUT2D eigenvalue weighted by atomic mass is 10.1. The molecular weight excluding hydrogens is 242 g/mol. The van der Waals surface area contributed by atoms with Crippen molar-refractivity contribution in [3.8, 4) is 0 Å². The molecule has 0 radical (unpaired) electrons. The van der Waals surface area contributed by atoms with Gasteiger partial charge in [0.1, 0.15) is 0 Å². The van der Waals surface area contributed by atoms with Crippen LogP contribution in [-0.2, 0) is 0 Å². The molecule has 1 aromatic carbocycles. The van der Waals surface area contributed by atoms with Crippen LogP contribution in [-0.4, -0.2) is 23.9 Å². The molecule has 92 valence electrons. The molecule has 0 aliphatic carbocycles. The molecule has 4 heteroatoms. The van der Waals surface area contributed by atoms with E-state index in [0.29, 0.717) is 12.6 Å². The molecule has 1 unspecified atom stereocenters. The van der Waals surface area contributed by atoms with E-state index in [9.17, 15) is 5.11 Å². The molecule has 0 amide bonds. The third-order valence-corrected chi connectivity index (χ3v) is 2.96. The van der Waals surface area contributed by atoms with Crippen LogP contribution in [0.4, 0.5) is 0 Å². The summed E-state index contributed by atoms with van der Waals surface area (Å²) < 4.78 is 0. The minimum atomic E-state index is -0.414. The lowest BCUT2D eigenvalue weighted by Crippen LogP contribution is -2.27. The fraction of sp³-hybridized carbons (Fsp3) is 0.500. The van der Waals surface area contributed by atoms with E-state index in [2.05, 4.69) is 19.2 Å². The number of halogens is 1. The SMILES string of the molecule is CSc1ccc(C(O)CNC(C)C)cc1.Cl. The van der Waals surface area contributed by atoms with Gasteiger partial charge in [0, 0.05) is 17.5 Å². The molecule has 1 rings (SSSR count). The fourth-order valence-corrected chi connectivity index (χ4v) is 1.70. The molecule has 0 aromatic heterocycles. The van der Waals surface area contributed by atoms with Gasteiger partial charge in [0.15, 0.2) is 0 Å². The van der Waals surface area contributed by atoms with Gasteiger partial charge >= 0.3 is 0 Å². The highest BCUT2D eigenvalue weighted by molar-refractivity contribution is 7.98. The third-order valence-electron chi connectivity index (χ3n) is 2.22. The Morgan fingerprint density at radius 3 is 2.25 bits per heavy atom. The first-order valence-corrected chi connectivity index (χ1v) is 6.41. The van der Waals surface area contributed by atoms with Gasteiger partial charge in [-0.1, -0.05) is 26.0 Å². The van der Waals surface area contributed by atoms with Gasteiger partial charge in [0.2, 0.25) is 0 Å². The number of thioether (sulfide) groups is 1. The number of nitrogens with one attached hydrogen (secondary N) is 1. The molecular formula is C12H20ClNOS. The van der Waals surface area contributed by atoms with Crippen LogP contribution in [0.25, 0.3) is 0 Å². The molecule has 1 atom stereocenters. The largest absolute Gasteiger partial charge is 0.387 e. The Morgan fingerprint density at radius 2 is 1.81 bits per heavy atom. The van der Waals surface area contributed by atoms with Gasteiger partial charge in [-0.2, -0.15) is 0 Å². The average Bonchev–Trinajstić information content (AvgIpc) is 2.26. The average molecular weight is 262 g/mol. The summed E-state index contributed by atoms with van der Waals surface area (Å²) in [4.78, 5) is 1.22. The Kier molecular flexibility index (Phi) is 7.85. The van der Waals surface area contributed by atoms with Gasteiger partial charge in [-0.15, -0.1) is 24.2 Å². The number of aliphatic hydroxyl groups is 1. The van der Waals surface area contributed by atoms with Gasteiger partial charge in [-0.05, 0) is 24.0 Å². The Morgan fingerprint density at radius 1 is 1.25 bits per heavy atom. The summed E-state index contributed by atoms with van der Waals surface area (Å²) in [6.45, 7) is 4.75. The monoisotopic (exact) mass is 261 g/mol. The molecule has 0 spiro atoms. The van der Waals surface area contributed by atoms with Crippen LogP contribution < -0.4 is 5.32 Å². The van der Waals surface area contributed by atoms with Crippen LogP contribution in [0.15, 0.2) is 29.2 Å². The minimum Gasteiger partial charge on any atom is -0.387 e. The summed E-state index contributed by atoms with van der Waals surface area (Å²) in [6, 6.07) is 8.46. The molecule has 0 bridgehead atoms. The van der Waals surface area contributed by atoms with E-state index in [-0.39, 0.29) is 12.4 Å². The molecule has 2 N–H and O–H groups in total.